The maximum atomic E-state index is 13.6. The van der Waals surface area contributed by atoms with E-state index in [2.05, 4.69) is 16.9 Å². The largest absolute Gasteiger partial charge is 0.490 e. The second-order valence-corrected chi connectivity index (χ2v) is 11.3. The van der Waals surface area contributed by atoms with E-state index in [0.29, 0.717) is 24.7 Å². The fraction of sp³-hybridized carbons (Fsp3) is 0.200. The van der Waals surface area contributed by atoms with Crippen LogP contribution in [0.4, 0.5) is 0 Å². The van der Waals surface area contributed by atoms with Crippen LogP contribution in [-0.2, 0) is 10.0 Å². The second-order valence-electron chi connectivity index (χ2n) is 7.64. The third-order valence-corrected chi connectivity index (χ3v) is 8.89. The first kappa shape index (κ1) is 22.3. The summed E-state index contributed by atoms with van der Waals surface area (Å²) >= 11 is 3.20. The molecule has 1 atom stereocenters. The Morgan fingerprint density at radius 2 is 1.70 bits per heavy atom. The van der Waals surface area contributed by atoms with Gasteiger partial charge in [-0.2, -0.15) is 4.72 Å². The summed E-state index contributed by atoms with van der Waals surface area (Å²) in [6.07, 6.45) is 2.76. The molecule has 0 radical (unpaired) electrons. The number of thiophene rings is 1. The van der Waals surface area contributed by atoms with Gasteiger partial charge in [-0.3, -0.25) is 0 Å². The molecule has 1 aromatic heterocycles. The van der Waals surface area contributed by atoms with Crippen molar-refractivity contribution in [1.82, 2.24) is 4.72 Å². The lowest BCUT2D eigenvalue weighted by molar-refractivity contribution is 0.297. The number of thioether (sulfide) groups is 1. The number of benzene rings is 3. The summed E-state index contributed by atoms with van der Waals surface area (Å²) in [5.41, 5.74) is 0.925. The Hall–Kier alpha value is -2.52. The normalized spacial score (nSPS) is 14.7. The van der Waals surface area contributed by atoms with E-state index in [0.717, 1.165) is 31.8 Å². The Morgan fingerprint density at radius 3 is 2.52 bits per heavy atom. The first-order valence-electron chi connectivity index (χ1n) is 10.6. The molecular formula is C25H23NO4S3. The van der Waals surface area contributed by atoms with E-state index >= 15 is 0 Å². The van der Waals surface area contributed by atoms with Gasteiger partial charge < -0.3 is 9.47 Å². The molecule has 1 aliphatic heterocycles. The van der Waals surface area contributed by atoms with E-state index in [1.165, 1.54) is 0 Å². The Morgan fingerprint density at radius 1 is 0.939 bits per heavy atom. The maximum Gasteiger partial charge on any atom is 0.241 e. The summed E-state index contributed by atoms with van der Waals surface area (Å²) in [7, 11) is -3.85. The number of fused-ring (bicyclic) bond motifs is 2. The Bertz CT molecular complexity index is 1360. The molecule has 1 N–H and O–H groups in total. The molecule has 5 nitrogen and oxygen atoms in total. The molecule has 0 unspecified atom stereocenters. The van der Waals surface area contributed by atoms with E-state index in [-0.39, 0.29) is 4.90 Å². The van der Waals surface area contributed by atoms with Crippen molar-refractivity contribution >= 4 is 43.2 Å². The predicted molar refractivity (Wildman–Crippen MR) is 134 cm³/mol. The number of nitrogens with one attached hydrogen (secondary N) is 1. The zero-order valence-corrected chi connectivity index (χ0v) is 20.4. The molecule has 4 aromatic rings. The van der Waals surface area contributed by atoms with Gasteiger partial charge in [-0.05, 0) is 47.5 Å². The van der Waals surface area contributed by atoms with Crippen molar-refractivity contribution in [2.45, 2.75) is 22.3 Å². The summed E-state index contributed by atoms with van der Waals surface area (Å²) in [6.45, 7) is 1.05. The van der Waals surface area contributed by atoms with Crippen LogP contribution in [0.5, 0.6) is 11.5 Å². The van der Waals surface area contributed by atoms with Crippen LogP contribution >= 0.6 is 23.1 Å². The third kappa shape index (κ3) is 4.61. The standard InChI is InChI=1S/C25H23NO4S3/c1-31-23-10-5-3-8-19(23)25(24-15-17-7-2-4-9-22(17)32-24)26-33(27,28)18-11-12-20-21(16-18)30-14-6-13-29-20/h2-5,7-12,15-16,25-26H,6,13-14H2,1H3/t25-/m0/s1. The zero-order chi connectivity index (χ0) is 22.8. The van der Waals surface area contributed by atoms with E-state index in [9.17, 15) is 8.42 Å². The van der Waals surface area contributed by atoms with Gasteiger partial charge in [0.1, 0.15) is 0 Å². The van der Waals surface area contributed by atoms with Crippen molar-refractivity contribution in [2.24, 2.45) is 0 Å². The Balaban J connectivity index is 1.57. The van der Waals surface area contributed by atoms with Crippen molar-refractivity contribution in [2.75, 3.05) is 19.5 Å². The molecule has 5 rings (SSSR count). The molecular weight excluding hydrogens is 474 g/mol. The molecule has 8 heteroatoms. The second kappa shape index (κ2) is 9.38. The molecule has 0 amide bonds. The van der Waals surface area contributed by atoms with Gasteiger partial charge >= 0.3 is 0 Å². The molecule has 3 aromatic carbocycles. The van der Waals surface area contributed by atoms with Gasteiger partial charge in [0.25, 0.3) is 0 Å². The first-order chi connectivity index (χ1) is 16.0. The van der Waals surface area contributed by atoms with Crippen LogP contribution in [0.1, 0.15) is 22.9 Å². The molecule has 1 aliphatic rings. The van der Waals surface area contributed by atoms with Crippen LogP contribution in [0, 0.1) is 0 Å². The summed E-state index contributed by atoms with van der Waals surface area (Å²) in [6, 6.07) is 22.3. The summed E-state index contributed by atoms with van der Waals surface area (Å²) in [4.78, 5) is 2.12. The van der Waals surface area contributed by atoms with Crippen molar-refractivity contribution in [3.63, 3.8) is 0 Å². The lowest BCUT2D eigenvalue weighted by Crippen LogP contribution is -2.29. The number of rotatable bonds is 6. The van der Waals surface area contributed by atoms with Crippen molar-refractivity contribution < 1.29 is 17.9 Å². The fourth-order valence-electron chi connectivity index (χ4n) is 3.86. The van der Waals surface area contributed by atoms with Gasteiger partial charge in [0.2, 0.25) is 10.0 Å². The average Bonchev–Trinajstić information content (AvgIpc) is 3.12. The van der Waals surface area contributed by atoms with Crippen LogP contribution in [0.25, 0.3) is 10.1 Å². The topological polar surface area (TPSA) is 64.6 Å². The molecule has 33 heavy (non-hydrogen) atoms. The third-order valence-electron chi connectivity index (χ3n) is 5.48. The first-order valence-corrected chi connectivity index (χ1v) is 14.1. The lowest BCUT2D eigenvalue weighted by atomic mass is 10.1. The smallest absolute Gasteiger partial charge is 0.241 e. The lowest BCUT2D eigenvalue weighted by Gasteiger charge is -2.21. The van der Waals surface area contributed by atoms with Gasteiger partial charge in [-0.1, -0.05) is 36.4 Å². The van der Waals surface area contributed by atoms with Crippen LogP contribution < -0.4 is 14.2 Å². The zero-order valence-electron chi connectivity index (χ0n) is 18.0. The molecule has 170 valence electrons. The Labute approximate surface area is 201 Å². The molecule has 0 aliphatic carbocycles. The van der Waals surface area contributed by atoms with E-state index in [1.54, 1.807) is 41.3 Å². The summed E-state index contributed by atoms with van der Waals surface area (Å²) in [5, 5.41) is 1.10. The van der Waals surface area contributed by atoms with Crippen LogP contribution in [0.2, 0.25) is 0 Å². The quantitative estimate of drug-likeness (QED) is 0.339. The molecule has 0 saturated heterocycles. The van der Waals surface area contributed by atoms with Crippen LogP contribution in [-0.4, -0.2) is 27.9 Å². The van der Waals surface area contributed by atoms with Gasteiger partial charge in [-0.15, -0.1) is 23.1 Å². The van der Waals surface area contributed by atoms with Crippen molar-refractivity contribution in [3.8, 4) is 11.5 Å². The van der Waals surface area contributed by atoms with E-state index < -0.39 is 16.1 Å². The van der Waals surface area contributed by atoms with Crippen molar-refractivity contribution in [1.29, 1.82) is 0 Å². The highest BCUT2D eigenvalue weighted by atomic mass is 32.2. The molecule has 0 bridgehead atoms. The number of ether oxygens (including phenoxy) is 2. The summed E-state index contributed by atoms with van der Waals surface area (Å²) in [5.74, 6) is 1.03. The highest BCUT2D eigenvalue weighted by Crippen LogP contribution is 2.38. The fourth-order valence-corrected chi connectivity index (χ4v) is 6.91. The molecule has 0 fully saturated rings. The minimum atomic E-state index is -3.85. The highest BCUT2D eigenvalue weighted by Gasteiger charge is 2.27. The number of hydrogen-bond acceptors (Lipinski definition) is 6. The average molecular weight is 498 g/mol. The summed E-state index contributed by atoms with van der Waals surface area (Å²) < 4.78 is 42.6. The predicted octanol–water partition coefficient (Wildman–Crippen LogP) is 5.85. The van der Waals surface area contributed by atoms with Gasteiger partial charge in [-0.25, -0.2) is 8.42 Å². The number of sulfonamides is 1. The van der Waals surface area contributed by atoms with Crippen LogP contribution in [0.15, 0.2) is 82.6 Å². The molecule has 0 spiro atoms. The Kier molecular flexibility index (Phi) is 6.34. The molecule has 0 saturated carbocycles. The van der Waals surface area contributed by atoms with Gasteiger partial charge in [0, 0.05) is 27.0 Å². The minimum Gasteiger partial charge on any atom is -0.490 e. The minimum absolute atomic E-state index is 0.152. The SMILES string of the molecule is CSc1ccccc1[C@H](NS(=O)(=O)c1ccc2c(c1)OCCCO2)c1cc2ccccc2s1. The van der Waals surface area contributed by atoms with Gasteiger partial charge in [0.15, 0.2) is 11.5 Å². The van der Waals surface area contributed by atoms with E-state index in [1.807, 2.05) is 48.7 Å². The highest BCUT2D eigenvalue weighted by molar-refractivity contribution is 7.98. The van der Waals surface area contributed by atoms with E-state index in [4.69, 9.17) is 9.47 Å². The monoisotopic (exact) mass is 497 g/mol. The maximum absolute atomic E-state index is 13.6. The van der Waals surface area contributed by atoms with Crippen molar-refractivity contribution in [3.05, 3.63) is 83.2 Å². The van der Waals surface area contributed by atoms with Gasteiger partial charge in [0.05, 0.1) is 24.2 Å². The van der Waals surface area contributed by atoms with Crippen LogP contribution in [0.3, 0.4) is 0 Å². The molecule has 2 heterocycles. The number of hydrogen-bond donors (Lipinski definition) is 1.